The molecule has 22 heavy (non-hydrogen) atoms. The van der Waals surface area contributed by atoms with Crippen LogP contribution in [0, 0.1) is 13.8 Å². The molecule has 0 atom stereocenters. The van der Waals surface area contributed by atoms with Gasteiger partial charge in [0.15, 0.2) is 0 Å². The molecule has 2 aromatic rings. The van der Waals surface area contributed by atoms with Gasteiger partial charge in [0.25, 0.3) is 0 Å². The smallest absolute Gasteiger partial charge is 0.0961 e. The molecule has 0 fully saturated rings. The number of aryl methyl sites for hydroxylation is 1. The summed E-state index contributed by atoms with van der Waals surface area (Å²) in [5, 5.41) is 9.19. The summed E-state index contributed by atoms with van der Waals surface area (Å²) in [6, 6.07) is 8.53. The van der Waals surface area contributed by atoms with E-state index in [0.717, 1.165) is 17.0 Å². The quantitative estimate of drug-likeness (QED) is 0.708. The fourth-order valence-electron chi connectivity index (χ4n) is 2.95. The first-order valence-electron chi connectivity index (χ1n) is 7.97. The van der Waals surface area contributed by atoms with Crippen LogP contribution in [0.1, 0.15) is 63.9 Å². The van der Waals surface area contributed by atoms with Gasteiger partial charge in [-0.2, -0.15) is 5.10 Å². The minimum absolute atomic E-state index is 0.00776. The topological polar surface area (TPSA) is 25.8 Å². The Hall–Kier alpha value is -1.70. The lowest BCUT2D eigenvalue weighted by Gasteiger charge is -2.30. The first kappa shape index (κ1) is 16.7. The van der Waals surface area contributed by atoms with Crippen LogP contribution in [0.15, 0.2) is 24.3 Å². The highest BCUT2D eigenvalue weighted by Crippen LogP contribution is 2.37. The van der Waals surface area contributed by atoms with Gasteiger partial charge in [-0.25, -0.2) is 0 Å². The molecule has 2 heteroatoms. The largest absolute Gasteiger partial charge is 0.154 e. The van der Waals surface area contributed by atoms with Gasteiger partial charge in [0.05, 0.1) is 11.4 Å². The molecule has 0 radical (unpaired) electrons. The Kier molecular flexibility index (Phi) is 4.16. The predicted octanol–water partition coefficient (Wildman–Crippen LogP) is 5.36. The number of nitrogens with zero attached hydrogens (tertiary/aromatic N) is 2. The molecule has 0 aliphatic heterocycles. The third-order valence-electron chi connectivity index (χ3n) is 4.00. The van der Waals surface area contributed by atoms with E-state index in [-0.39, 0.29) is 10.8 Å². The molecule has 0 bridgehead atoms. The maximum atomic E-state index is 4.63. The molecule has 118 valence electrons. The minimum atomic E-state index is -0.00776. The molecule has 0 saturated heterocycles. The van der Waals surface area contributed by atoms with Crippen LogP contribution in [-0.2, 0) is 10.8 Å². The monoisotopic (exact) mass is 296 g/mol. The van der Waals surface area contributed by atoms with E-state index in [0.29, 0.717) is 0 Å². The second-order valence-corrected chi connectivity index (χ2v) is 8.26. The number of hydrogen-bond acceptors (Lipinski definition) is 2. The van der Waals surface area contributed by atoms with Crippen molar-refractivity contribution in [1.82, 2.24) is 10.2 Å². The van der Waals surface area contributed by atoms with Gasteiger partial charge < -0.3 is 0 Å². The Labute approximate surface area is 135 Å². The average Bonchev–Trinajstić information content (AvgIpc) is 2.37. The Morgan fingerprint density at radius 3 is 1.73 bits per heavy atom. The van der Waals surface area contributed by atoms with E-state index in [4.69, 9.17) is 0 Å². The summed E-state index contributed by atoms with van der Waals surface area (Å²) in [4.78, 5) is 0. The Morgan fingerprint density at radius 2 is 1.27 bits per heavy atom. The summed E-state index contributed by atoms with van der Waals surface area (Å²) in [6.45, 7) is 17.7. The van der Waals surface area contributed by atoms with E-state index in [9.17, 15) is 0 Å². The summed E-state index contributed by atoms with van der Waals surface area (Å²) in [7, 11) is 0. The van der Waals surface area contributed by atoms with Crippen LogP contribution < -0.4 is 0 Å². The highest BCUT2D eigenvalue weighted by Gasteiger charge is 2.30. The lowest BCUT2D eigenvalue weighted by molar-refractivity contribution is 0.503. The molecule has 1 aromatic carbocycles. The van der Waals surface area contributed by atoms with E-state index in [1.165, 1.54) is 16.7 Å². The zero-order chi connectivity index (χ0) is 16.7. The molecule has 0 amide bonds. The Balaban J connectivity index is 2.73. The average molecular weight is 296 g/mol. The summed E-state index contributed by atoms with van der Waals surface area (Å²) in [5.41, 5.74) is 7.11. The van der Waals surface area contributed by atoms with E-state index < -0.39 is 0 Å². The zero-order valence-electron chi connectivity index (χ0n) is 15.2. The number of benzene rings is 1. The lowest BCUT2D eigenvalue weighted by atomic mass is 9.76. The molecule has 2 nitrogen and oxygen atoms in total. The van der Waals surface area contributed by atoms with Gasteiger partial charge in [0.1, 0.15) is 0 Å². The van der Waals surface area contributed by atoms with Crippen LogP contribution in [-0.4, -0.2) is 10.2 Å². The second-order valence-electron chi connectivity index (χ2n) is 8.26. The first-order chi connectivity index (χ1) is 10.0. The van der Waals surface area contributed by atoms with Crippen LogP contribution in [0.25, 0.3) is 11.3 Å². The Morgan fingerprint density at radius 1 is 0.727 bits per heavy atom. The van der Waals surface area contributed by atoms with Crippen molar-refractivity contribution in [2.75, 3.05) is 0 Å². The second kappa shape index (κ2) is 5.49. The lowest BCUT2D eigenvalue weighted by Crippen LogP contribution is -2.26. The van der Waals surface area contributed by atoms with Gasteiger partial charge in [0.2, 0.25) is 0 Å². The molecule has 0 N–H and O–H groups in total. The van der Waals surface area contributed by atoms with Crippen LogP contribution >= 0.6 is 0 Å². The predicted molar refractivity (Wildman–Crippen MR) is 94.3 cm³/mol. The molecule has 0 unspecified atom stereocenters. The van der Waals surface area contributed by atoms with Gasteiger partial charge in [0, 0.05) is 11.0 Å². The van der Waals surface area contributed by atoms with Crippen LogP contribution in [0.2, 0.25) is 0 Å². The maximum absolute atomic E-state index is 4.63. The van der Waals surface area contributed by atoms with Crippen molar-refractivity contribution in [3.05, 3.63) is 46.6 Å². The van der Waals surface area contributed by atoms with Gasteiger partial charge in [-0.15, -0.1) is 5.10 Å². The van der Waals surface area contributed by atoms with Crippen molar-refractivity contribution < 1.29 is 0 Å². The van der Waals surface area contributed by atoms with Gasteiger partial charge >= 0.3 is 0 Å². The zero-order valence-corrected chi connectivity index (χ0v) is 15.2. The van der Waals surface area contributed by atoms with Crippen molar-refractivity contribution in [3.63, 3.8) is 0 Å². The first-order valence-corrected chi connectivity index (χ1v) is 7.97. The van der Waals surface area contributed by atoms with Crippen molar-refractivity contribution in [2.45, 2.75) is 66.2 Å². The van der Waals surface area contributed by atoms with Gasteiger partial charge in [-0.05, 0) is 30.4 Å². The van der Waals surface area contributed by atoms with Gasteiger partial charge in [-0.3, -0.25) is 0 Å². The van der Waals surface area contributed by atoms with Crippen LogP contribution in [0.3, 0.4) is 0 Å². The fourth-order valence-corrected chi connectivity index (χ4v) is 2.95. The van der Waals surface area contributed by atoms with Crippen molar-refractivity contribution in [3.8, 4) is 11.3 Å². The van der Waals surface area contributed by atoms with Crippen molar-refractivity contribution >= 4 is 0 Å². The van der Waals surface area contributed by atoms with Crippen LogP contribution in [0.5, 0.6) is 0 Å². The maximum Gasteiger partial charge on any atom is 0.0961 e. The van der Waals surface area contributed by atoms with Gasteiger partial charge in [-0.1, -0.05) is 71.4 Å². The highest BCUT2D eigenvalue weighted by molar-refractivity contribution is 5.65. The van der Waals surface area contributed by atoms with E-state index >= 15 is 0 Å². The van der Waals surface area contributed by atoms with E-state index in [1.54, 1.807) is 0 Å². The van der Waals surface area contributed by atoms with Crippen molar-refractivity contribution in [1.29, 1.82) is 0 Å². The molecule has 0 spiro atoms. The van der Waals surface area contributed by atoms with Crippen LogP contribution in [0.4, 0.5) is 0 Å². The van der Waals surface area contributed by atoms with E-state index in [1.807, 2.05) is 0 Å². The van der Waals surface area contributed by atoms with E-state index in [2.05, 4.69) is 89.9 Å². The number of hydrogen-bond donors (Lipinski definition) is 0. The summed E-state index contributed by atoms with van der Waals surface area (Å²) in [5.74, 6) is 0. The third kappa shape index (κ3) is 3.21. The number of rotatable bonds is 1. The summed E-state index contributed by atoms with van der Waals surface area (Å²) < 4.78 is 0. The molecular formula is C20H28N2. The molecule has 0 aliphatic carbocycles. The SMILES string of the molecule is Cc1ccc(-c2nnc(C(C)(C)C)c(C(C)(C)C)c2C)cc1. The van der Waals surface area contributed by atoms with Crippen molar-refractivity contribution in [2.24, 2.45) is 0 Å². The standard InChI is InChI=1S/C20H28N2/c1-13-9-11-15(12-10-13)17-14(2)16(19(3,4)5)18(22-21-17)20(6,7)8/h9-12H,1-8H3. The minimum Gasteiger partial charge on any atom is -0.154 e. The molecule has 0 saturated carbocycles. The molecule has 1 aromatic heterocycles. The highest BCUT2D eigenvalue weighted by atomic mass is 15.1. The molecule has 1 heterocycles. The normalized spacial score (nSPS) is 12.5. The molecule has 2 rings (SSSR count). The fraction of sp³-hybridized carbons (Fsp3) is 0.500. The molecule has 0 aliphatic rings. The molecular weight excluding hydrogens is 268 g/mol. The summed E-state index contributed by atoms with van der Waals surface area (Å²) >= 11 is 0. The summed E-state index contributed by atoms with van der Waals surface area (Å²) in [6.07, 6.45) is 0. The number of aromatic nitrogens is 2. The Bertz CT molecular complexity index is 669. The third-order valence-corrected chi connectivity index (χ3v) is 4.00.